The first kappa shape index (κ1) is 26.4. The number of nitrogens with zero attached hydrogens (tertiary/aromatic N) is 2. The van der Waals surface area contributed by atoms with Gasteiger partial charge in [-0.05, 0) is 48.2 Å². The van der Waals surface area contributed by atoms with Crippen molar-refractivity contribution < 1.29 is 28.7 Å². The molecule has 0 aliphatic carbocycles. The number of carbonyl (C=O) groups is 4. The van der Waals surface area contributed by atoms with Crippen LogP contribution in [-0.4, -0.2) is 36.8 Å². The van der Waals surface area contributed by atoms with E-state index in [-0.39, 0.29) is 11.8 Å². The van der Waals surface area contributed by atoms with Crippen LogP contribution >= 0.6 is 0 Å². The second-order valence-corrected chi connectivity index (χ2v) is 11.5. The van der Waals surface area contributed by atoms with E-state index in [1.54, 1.807) is 21.9 Å². The van der Waals surface area contributed by atoms with Crippen molar-refractivity contribution in [2.45, 2.75) is 63.2 Å². The Balaban J connectivity index is 1.27. The summed E-state index contributed by atoms with van der Waals surface area (Å²) in [7, 11) is 0. The molecular formula is C34H32N2O6. The molecule has 0 aromatic heterocycles. The molecule has 0 fully saturated rings. The van der Waals surface area contributed by atoms with Crippen LogP contribution in [0, 0.1) is 0 Å². The number of esters is 2. The maximum absolute atomic E-state index is 13.8. The van der Waals surface area contributed by atoms with Gasteiger partial charge in [0.05, 0.1) is 11.8 Å². The highest BCUT2D eigenvalue weighted by atomic mass is 16.5. The van der Waals surface area contributed by atoms with E-state index in [9.17, 15) is 19.2 Å². The van der Waals surface area contributed by atoms with Gasteiger partial charge in [0.2, 0.25) is 11.8 Å². The average Bonchev–Trinajstić information content (AvgIpc) is 3.65. The quantitative estimate of drug-likeness (QED) is 0.263. The van der Waals surface area contributed by atoms with Crippen molar-refractivity contribution in [2.75, 3.05) is 22.9 Å². The third-order valence-corrected chi connectivity index (χ3v) is 9.07. The summed E-state index contributed by atoms with van der Waals surface area (Å²) in [4.78, 5) is 57.9. The lowest BCUT2D eigenvalue weighted by atomic mass is 9.80. The first-order valence-corrected chi connectivity index (χ1v) is 14.9. The van der Waals surface area contributed by atoms with Crippen molar-refractivity contribution in [3.05, 3.63) is 82.9 Å². The Morgan fingerprint density at radius 1 is 0.571 bits per heavy atom. The van der Waals surface area contributed by atoms with E-state index >= 15 is 0 Å². The van der Waals surface area contributed by atoms with E-state index in [4.69, 9.17) is 9.47 Å². The molecule has 3 aromatic carbocycles. The van der Waals surface area contributed by atoms with Crippen molar-refractivity contribution in [3.8, 4) is 11.5 Å². The Morgan fingerprint density at radius 3 is 1.38 bits per heavy atom. The summed E-state index contributed by atoms with van der Waals surface area (Å²) in [6.45, 7) is 5.30. The average molecular weight is 565 g/mol. The van der Waals surface area contributed by atoms with E-state index < -0.39 is 35.6 Å². The number of unbranched alkanes of at least 4 members (excludes halogenated alkanes) is 2. The van der Waals surface area contributed by atoms with Gasteiger partial charge in [-0.3, -0.25) is 19.2 Å². The lowest BCUT2D eigenvalue weighted by Crippen LogP contribution is -2.33. The molecular weight excluding hydrogens is 532 g/mol. The van der Waals surface area contributed by atoms with Gasteiger partial charge in [-0.1, -0.05) is 63.1 Å². The zero-order valence-corrected chi connectivity index (χ0v) is 23.7. The minimum atomic E-state index is -0.860. The molecule has 4 atom stereocenters. The van der Waals surface area contributed by atoms with E-state index in [1.807, 2.05) is 48.5 Å². The van der Waals surface area contributed by atoms with Crippen LogP contribution in [0.2, 0.25) is 0 Å². The predicted octanol–water partition coefficient (Wildman–Crippen LogP) is 5.55. The SMILES string of the molecule is CCCCN1C(=O)C(C2C(=O)Oc3cc4c(cc32)OC(=O)C4C2C(=O)N(CCCC)c3ccccc32)c2ccccc21. The number of para-hydroxylation sites is 2. The van der Waals surface area contributed by atoms with Crippen LogP contribution in [0.5, 0.6) is 11.5 Å². The fraction of sp³-hybridized carbons (Fsp3) is 0.353. The van der Waals surface area contributed by atoms with Gasteiger partial charge >= 0.3 is 11.9 Å². The Bertz CT molecular complexity index is 1530. The highest BCUT2D eigenvalue weighted by Crippen LogP contribution is 2.55. The van der Waals surface area contributed by atoms with Crippen LogP contribution in [0.1, 0.15) is 85.5 Å². The number of benzene rings is 3. The summed E-state index contributed by atoms with van der Waals surface area (Å²) in [5.74, 6) is -3.82. The summed E-state index contributed by atoms with van der Waals surface area (Å²) >= 11 is 0. The monoisotopic (exact) mass is 564 g/mol. The van der Waals surface area contributed by atoms with Crippen LogP contribution in [0.25, 0.3) is 0 Å². The molecule has 0 bridgehead atoms. The minimum absolute atomic E-state index is 0.129. The lowest BCUT2D eigenvalue weighted by molar-refractivity contribution is -0.136. The molecule has 214 valence electrons. The van der Waals surface area contributed by atoms with Gasteiger partial charge in [0, 0.05) is 35.6 Å². The molecule has 0 N–H and O–H groups in total. The molecule has 0 saturated carbocycles. The zero-order chi connectivity index (χ0) is 29.1. The van der Waals surface area contributed by atoms with E-state index in [2.05, 4.69) is 13.8 Å². The highest BCUT2D eigenvalue weighted by molar-refractivity contribution is 6.10. The maximum Gasteiger partial charge on any atom is 0.320 e. The Kier molecular flexibility index (Phi) is 6.37. The first-order valence-electron chi connectivity index (χ1n) is 14.9. The van der Waals surface area contributed by atoms with Gasteiger partial charge in [-0.15, -0.1) is 0 Å². The standard InChI is InChI=1S/C34H32N2O6/c1-3-5-15-35-23-13-9-7-11-19(23)27(31(35)37)29-21-17-26-22(18-25(21)41-33(29)39)30(34(40)42-26)28-20-12-8-10-14-24(20)36(32(28)38)16-6-4-2/h7-14,17-18,27-30H,3-6,15-16H2,1-2H3. The second-order valence-electron chi connectivity index (χ2n) is 11.5. The largest absolute Gasteiger partial charge is 0.426 e. The molecule has 4 aliphatic rings. The number of carbonyl (C=O) groups excluding carboxylic acids is 4. The number of hydrogen-bond donors (Lipinski definition) is 0. The first-order chi connectivity index (χ1) is 20.4. The number of fused-ring (bicyclic) bond motifs is 4. The molecule has 0 spiro atoms. The molecule has 0 radical (unpaired) electrons. The fourth-order valence-electron chi connectivity index (χ4n) is 7.05. The highest BCUT2D eigenvalue weighted by Gasteiger charge is 2.53. The van der Waals surface area contributed by atoms with Crippen LogP contribution in [-0.2, 0) is 19.2 Å². The number of amides is 2. The smallest absolute Gasteiger partial charge is 0.320 e. The van der Waals surface area contributed by atoms with Crippen LogP contribution < -0.4 is 19.3 Å². The molecule has 8 nitrogen and oxygen atoms in total. The summed E-state index contributed by atoms with van der Waals surface area (Å²) in [5, 5.41) is 0. The van der Waals surface area contributed by atoms with Crippen LogP contribution in [0.4, 0.5) is 11.4 Å². The summed E-state index contributed by atoms with van der Waals surface area (Å²) in [6, 6.07) is 18.5. The minimum Gasteiger partial charge on any atom is -0.426 e. The van der Waals surface area contributed by atoms with Crippen molar-refractivity contribution >= 4 is 35.1 Å². The molecule has 4 aliphatic heterocycles. The molecule has 4 heterocycles. The Labute approximate surface area is 244 Å². The lowest BCUT2D eigenvalue weighted by Gasteiger charge is -2.19. The topological polar surface area (TPSA) is 93.2 Å². The van der Waals surface area contributed by atoms with Gasteiger partial charge in [0.15, 0.2) is 0 Å². The van der Waals surface area contributed by atoms with Gasteiger partial charge in [0.25, 0.3) is 0 Å². The number of hydrogen-bond acceptors (Lipinski definition) is 6. The van der Waals surface area contributed by atoms with Crippen molar-refractivity contribution in [2.24, 2.45) is 0 Å². The van der Waals surface area contributed by atoms with E-state index in [0.717, 1.165) is 48.2 Å². The van der Waals surface area contributed by atoms with Crippen LogP contribution in [0.3, 0.4) is 0 Å². The normalized spacial score (nSPS) is 23.6. The third-order valence-electron chi connectivity index (χ3n) is 9.07. The van der Waals surface area contributed by atoms with Gasteiger partial charge < -0.3 is 19.3 Å². The van der Waals surface area contributed by atoms with E-state index in [0.29, 0.717) is 35.7 Å². The number of rotatable bonds is 8. The number of ether oxygens (including phenoxy) is 2. The summed E-state index contributed by atoms with van der Waals surface area (Å²) in [5.41, 5.74) is 4.29. The van der Waals surface area contributed by atoms with Gasteiger partial charge in [-0.25, -0.2) is 0 Å². The fourth-order valence-corrected chi connectivity index (χ4v) is 7.05. The summed E-state index contributed by atoms with van der Waals surface area (Å²) in [6.07, 6.45) is 3.58. The Hall–Kier alpha value is -4.46. The molecule has 8 heteroatoms. The number of anilines is 2. The van der Waals surface area contributed by atoms with Crippen molar-refractivity contribution in [1.29, 1.82) is 0 Å². The predicted molar refractivity (Wildman–Crippen MR) is 156 cm³/mol. The molecule has 3 aromatic rings. The van der Waals surface area contributed by atoms with Crippen LogP contribution in [0.15, 0.2) is 60.7 Å². The summed E-state index contributed by atoms with van der Waals surface area (Å²) < 4.78 is 11.6. The molecule has 0 saturated heterocycles. The zero-order valence-electron chi connectivity index (χ0n) is 23.7. The molecule has 2 amide bonds. The molecule has 4 unspecified atom stereocenters. The van der Waals surface area contributed by atoms with Gasteiger partial charge in [-0.2, -0.15) is 0 Å². The molecule has 42 heavy (non-hydrogen) atoms. The molecule has 7 rings (SSSR count). The second kappa shape index (κ2) is 10.1. The maximum atomic E-state index is 13.8. The van der Waals surface area contributed by atoms with E-state index in [1.165, 1.54) is 0 Å². The van der Waals surface area contributed by atoms with Gasteiger partial charge in [0.1, 0.15) is 23.3 Å². The van der Waals surface area contributed by atoms with Crippen molar-refractivity contribution in [1.82, 2.24) is 0 Å². The third kappa shape index (κ3) is 3.81. The van der Waals surface area contributed by atoms with Crippen molar-refractivity contribution in [3.63, 3.8) is 0 Å². The Morgan fingerprint density at radius 2 is 0.976 bits per heavy atom.